The summed E-state index contributed by atoms with van der Waals surface area (Å²) >= 11 is 0. The molecule has 2 atom stereocenters. The van der Waals surface area contributed by atoms with E-state index in [4.69, 9.17) is 9.47 Å². The van der Waals surface area contributed by atoms with Crippen LogP contribution in [-0.4, -0.2) is 48.9 Å². The molecule has 0 radical (unpaired) electrons. The molecule has 1 aromatic heterocycles. The summed E-state index contributed by atoms with van der Waals surface area (Å²) in [7, 11) is 1.67. The second-order valence-electron chi connectivity index (χ2n) is 5.75. The van der Waals surface area contributed by atoms with Gasteiger partial charge < -0.3 is 19.7 Å². The van der Waals surface area contributed by atoms with E-state index in [0.29, 0.717) is 18.8 Å². The van der Waals surface area contributed by atoms with Crippen LogP contribution in [0.2, 0.25) is 0 Å². The standard InChI is InChI=1S/C15H24N4O2/c1-3-6-16-13-7-15(18-14(17-13)10-20-2)19-8-11-4-5-12(9-19)21-11/h7,11-12H,3-6,8-10H2,1-2H3,(H,16,17,18). The molecule has 0 amide bonds. The lowest BCUT2D eigenvalue weighted by Gasteiger charge is -2.33. The van der Waals surface area contributed by atoms with E-state index in [0.717, 1.165) is 56.4 Å². The van der Waals surface area contributed by atoms with Gasteiger partial charge in [0.05, 0.1) is 12.2 Å². The molecule has 1 N–H and O–H groups in total. The van der Waals surface area contributed by atoms with Crippen LogP contribution in [0.4, 0.5) is 11.6 Å². The lowest BCUT2D eigenvalue weighted by Crippen LogP contribution is -2.43. The van der Waals surface area contributed by atoms with Crippen molar-refractivity contribution in [3.8, 4) is 0 Å². The molecule has 2 bridgehead atoms. The van der Waals surface area contributed by atoms with Crippen LogP contribution in [-0.2, 0) is 16.1 Å². The third-order valence-corrected chi connectivity index (χ3v) is 3.96. The molecule has 21 heavy (non-hydrogen) atoms. The molecular weight excluding hydrogens is 268 g/mol. The predicted molar refractivity (Wildman–Crippen MR) is 81.6 cm³/mol. The molecule has 2 unspecified atom stereocenters. The molecule has 0 aliphatic carbocycles. The molecule has 0 aromatic carbocycles. The number of methoxy groups -OCH3 is 1. The summed E-state index contributed by atoms with van der Waals surface area (Å²) in [5.74, 6) is 2.59. The van der Waals surface area contributed by atoms with E-state index >= 15 is 0 Å². The molecule has 2 saturated heterocycles. The minimum atomic E-state index is 0.358. The zero-order chi connectivity index (χ0) is 14.7. The zero-order valence-electron chi connectivity index (χ0n) is 12.8. The third-order valence-electron chi connectivity index (χ3n) is 3.96. The van der Waals surface area contributed by atoms with E-state index in [-0.39, 0.29) is 0 Å². The van der Waals surface area contributed by atoms with Crippen LogP contribution in [0.3, 0.4) is 0 Å². The van der Waals surface area contributed by atoms with Crippen molar-refractivity contribution >= 4 is 11.6 Å². The van der Waals surface area contributed by atoms with Crippen LogP contribution in [0.15, 0.2) is 6.07 Å². The minimum Gasteiger partial charge on any atom is -0.377 e. The summed E-state index contributed by atoms with van der Waals surface area (Å²) in [5, 5.41) is 3.35. The Morgan fingerprint density at radius 3 is 2.76 bits per heavy atom. The summed E-state index contributed by atoms with van der Waals surface area (Å²) in [5.41, 5.74) is 0. The monoisotopic (exact) mass is 292 g/mol. The van der Waals surface area contributed by atoms with Crippen molar-refractivity contribution in [2.24, 2.45) is 0 Å². The van der Waals surface area contributed by atoms with E-state index < -0.39 is 0 Å². The van der Waals surface area contributed by atoms with Crippen molar-refractivity contribution < 1.29 is 9.47 Å². The molecule has 116 valence electrons. The van der Waals surface area contributed by atoms with Crippen molar-refractivity contribution in [3.63, 3.8) is 0 Å². The van der Waals surface area contributed by atoms with Crippen molar-refractivity contribution in [2.45, 2.75) is 45.0 Å². The number of hydrogen-bond acceptors (Lipinski definition) is 6. The molecule has 0 saturated carbocycles. The van der Waals surface area contributed by atoms with Gasteiger partial charge >= 0.3 is 0 Å². The molecule has 2 fully saturated rings. The van der Waals surface area contributed by atoms with E-state index in [1.54, 1.807) is 7.11 Å². The van der Waals surface area contributed by atoms with Gasteiger partial charge in [-0.05, 0) is 19.3 Å². The second-order valence-corrected chi connectivity index (χ2v) is 5.75. The Hall–Kier alpha value is -1.40. The van der Waals surface area contributed by atoms with Crippen LogP contribution in [0.5, 0.6) is 0 Å². The highest BCUT2D eigenvalue weighted by Crippen LogP contribution is 2.29. The first kappa shape index (κ1) is 14.5. The van der Waals surface area contributed by atoms with Gasteiger partial charge in [0.2, 0.25) is 0 Å². The van der Waals surface area contributed by atoms with Crippen LogP contribution in [0, 0.1) is 0 Å². The molecule has 2 aliphatic rings. The normalized spacial score (nSPS) is 24.4. The Kier molecular flexibility index (Phi) is 4.55. The van der Waals surface area contributed by atoms with Gasteiger partial charge in [0.1, 0.15) is 18.2 Å². The quantitative estimate of drug-likeness (QED) is 0.863. The Morgan fingerprint density at radius 2 is 2.10 bits per heavy atom. The lowest BCUT2D eigenvalue weighted by molar-refractivity contribution is 0.0302. The molecule has 3 rings (SSSR count). The third kappa shape index (κ3) is 3.44. The summed E-state index contributed by atoms with van der Waals surface area (Å²) in [4.78, 5) is 11.5. The van der Waals surface area contributed by atoms with Gasteiger partial charge in [-0.1, -0.05) is 6.92 Å². The summed E-state index contributed by atoms with van der Waals surface area (Å²) in [6.07, 6.45) is 4.12. The number of nitrogens with one attached hydrogen (secondary N) is 1. The number of fused-ring (bicyclic) bond motifs is 2. The predicted octanol–water partition coefficient (Wildman–Crippen LogP) is 1.81. The molecule has 6 nitrogen and oxygen atoms in total. The SMILES string of the molecule is CCCNc1cc(N2CC3CCC(C2)O3)nc(COC)n1. The number of hydrogen-bond donors (Lipinski definition) is 1. The molecule has 1 aromatic rings. The van der Waals surface area contributed by atoms with Crippen LogP contribution < -0.4 is 10.2 Å². The van der Waals surface area contributed by atoms with E-state index in [9.17, 15) is 0 Å². The fourth-order valence-electron chi connectivity index (χ4n) is 2.98. The van der Waals surface area contributed by atoms with Gasteiger partial charge in [0.25, 0.3) is 0 Å². The maximum atomic E-state index is 5.90. The maximum absolute atomic E-state index is 5.90. The number of ether oxygens (including phenoxy) is 2. The van der Waals surface area contributed by atoms with Crippen molar-refractivity contribution in [1.29, 1.82) is 0 Å². The average molecular weight is 292 g/mol. The van der Waals surface area contributed by atoms with Crippen LogP contribution in [0.25, 0.3) is 0 Å². The van der Waals surface area contributed by atoms with E-state index in [1.807, 2.05) is 6.07 Å². The first-order valence-electron chi connectivity index (χ1n) is 7.79. The summed E-state index contributed by atoms with van der Waals surface area (Å²) in [6, 6.07) is 2.04. The van der Waals surface area contributed by atoms with Gasteiger partial charge in [-0.25, -0.2) is 9.97 Å². The molecule has 0 spiro atoms. The molecule has 6 heteroatoms. The molecular formula is C15H24N4O2. The fraction of sp³-hybridized carbons (Fsp3) is 0.733. The largest absolute Gasteiger partial charge is 0.377 e. The average Bonchev–Trinajstić information content (AvgIpc) is 2.83. The highest BCUT2D eigenvalue weighted by Gasteiger charge is 2.34. The van der Waals surface area contributed by atoms with Gasteiger partial charge in [-0.2, -0.15) is 0 Å². The highest BCUT2D eigenvalue weighted by molar-refractivity contribution is 5.50. The Morgan fingerprint density at radius 1 is 1.33 bits per heavy atom. The molecule has 3 heterocycles. The maximum Gasteiger partial charge on any atom is 0.158 e. The first-order valence-corrected chi connectivity index (χ1v) is 7.79. The van der Waals surface area contributed by atoms with Gasteiger partial charge in [-0.15, -0.1) is 0 Å². The lowest BCUT2D eigenvalue weighted by atomic mass is 10.2. The fourth-order valence-corrected chi connectivity index (χ4v) is 2.98. The number of anilines is 2. The topological polar surface area (TPSA) is 59.5 Å². The van der Waals surface area contributed by atoms with Crippen LogP contribution in [0.1, 0.15) is 32.0 Å². The Labute approximate surface area is 125 Å². The number of rotatable bonds is 6. The van der Waals surface area contributed by atoms with Crippen molar-refractivity contribution in [1.82, 2.24) is 9.97 Å². The summed E-state index contributed by atoms with van der Waals surface area (Å²) in [6.45, 7) is 5.34. The Balaban J connectivity index is 1.80. The smallest absolute Gasteiger partial charge is 0.158 e. The molecule has 2 aliphatic heterocycles. The number of nitrogens with zero attached hydrogens (tertiary/aromatic N) is 3. The van der Waals surface area contributed by atoms with Crippen molar-refractivity contribution in [3.05, 3.63) is 11.9 Å². The Bertz CT molecular complexity index is 471. The second kappa shape index (κ2) is 6.58. The first-order chi connectivity index (χ1) is 10.3. The number of morpholine rings is 1. The highest BCUT2D eigenvalue weighted by atomic mass is 16.5. The van der Waals surface area contributed by atoms with Gasteiger partial charge in [0, 0.05) is 32.8 Å². The minimum absolute atomic E-state index is 0.358. The van der Waals surface area contributed by atoms with Crippen LogP contribution >= 0.6 is 0 Å². The zero-order valence-corrected chi connectivity index (χ0v) is 12.8. The van der Waals surface area contributed by atoms with Gasteiger partial charge in [-0.3, -0.25) is 0 Å². The summed E-state index contributed by atoms with van der Waals surface area (Å²) < 4.78 is 11.1. The number of aromatic nitrogens is 2. The van der Waals surface area contributed by atoms with E-state index in [1.165, 1.54) is 0 Å². The van der Waals surface area contributed by atoms with Gasteiger partial charge in [0.15, 0.2) is 5.82 Å². The van der Waals surface area contributed by atoms with E-state index in [2.05, 4.69) is 27.1 Å². The van der Waals surface area contributed by atoms with Crippen molar-refractivity contribution in [2.75, 3.05) is 37.0 Å².